The van der Waals surface area contributed by atoms with Gasteiger partial charge < -0.3 is 5.11 Å². The largest absolute Gasteiger partial charge is 0.425 e. The third kappa shape index (κ3) is 1.80. The van der Waals surface area contributed by atoms with E-state index in [0.29, 0.717) is 22.3 Å². The molecule has 1 heterocycles. The van der Waals surface area contributed by atoms with Gasteiger partial charge in [0.15, 0.2) is 0 Å². The Morgan fingerprint density at radius 3 is 2.33 bits per heavy atom. The van der Waals surface area contributed by atoms with E-state index in [-0.39, 0.29) is 11.1 Å². The number of aryl methyl sites for hydroxylation is 1. The second kappa shape index (κ2) is 4.70. The van der Waals surface area contributed by atoms with E-state index in [9.17, 15) is 18.3 Å². The SMILES string of the molecule is Cn1cc(-c2cccc3c2-c2ccccc2C3(O)C(F)(F)F)cn1. The molecule has 122 valence electrons. The Hall–Kier alpha value is -2.60. The Labute approximate surface area is 136 Å². The van der Waals surface area contributed by atoms with Crippen molar-refractivity contribution in [1.29, 1.82) is 0 Å². The van der Waals surface area contributed by atoms with E-state index in [1.807, 2.05) is 0 Å². The van der Waals surface area contributed by atoms with Crippen molar-refractivity contribution in [2.24, 2.45) is 7.05 Å². The summed E-state index contributed by atoms with van der Waals surface area (Å²) in [6.07, 6.45) is -1.48. The molecule has 1 aliphatic rings. The molecule has 0 spiro atoms. The molecule has 0 radical (unpaired) electrons. The Morgan fingerprint density at radius 1 is 1.00 bits per heavy atom. The van der Waals surface area contributed by atoms with Crippen molar-refractivity contribution in [2.45, 2.75) is 11.8 Å². The van der Waals surface area contributed by atoms with Crippen LogP contribution in [0.25, 0.3) is 22.3 Å². The van der Waals surface area contributed by atoms with Crippen molar-refractivity contribution in [3.8, 4) is 22.3 Å². The van der Waals surface area contributed by atoms with Gasteiger partial charge in [-0.2, -0.15) is 18.3 Å². The standard InChI is InChI=1S/C18H13F3N2O/c1-23-10-11(9-22-23)12-6-4-8-15-16(12)13-5-2-3-7-14(13)17(15,24)18(19,20)21/h2-10,24H,1H3. The maximum absolute atomic E-state index is 13.8. The monoisotopic (exact) mass is 330 g/mol. The summed E-state index contributed by atoms with van der Waals surface area (Å²) in [7, 11) is 1.74. The number of benzene rings is 2. The summed E-state index contributed by atoms with van der Waals surface area (Å²) in [4.78, 5) is 0. The van der Waals surface area contributed by atoms with Gasteiger partial charge in [0, 0.05) is 29.9 Å². The summed E-state index contributed by atoms with van der Waals surface area (Å²) in [5, 5.41) is 14.8. The second-order valence-electron chi connectivity index (χ2n) is 5.88. The molecule has 3 nitrogen and oxygen atoms in total. The van der Waals surface area contributed by atoms with Gasteiger partial charge in [-0.3, -0.25) is 4.68 Å². The minimum atomic E-state index is -4.82. The topological polar surface area (TPSA) is 38.0 Å². The third-order valence-electron chi connectivity index (χ3n) is 4.47. The van der Waals surface area contributed by atoms with Crippen LogP contribution in [0, 0.1) is 0 Å². The predicted molar refractivity (Wildman–Crippen MR) is 83.1 cm³/mol. The maximum atomic E-state index is 13.8. The van der Waals surface area contributed by atoms with Gasteiger partial charge in [0.1, 0.15) is 0 Å². The molecule has 1 unspecified atom stereocenters. The Kier molecular flexibility index (Phi) is 2.93. The smallest absolute Gasteiger partial charge is 0.372 e. The van der Waals surface area contributed by atoms with Gasteiger partial charge in [-0.1, -0.05) is 42.5 Å². The molecular formula is C18H13F3N2O. The van der Waals surface area contributed by atoms with Gasteiger partial charge in [-0.05, 0) is 16.7 Å². The molecule has 0 amide bonds. The predicted octanol–water partition coefficient (Wildman–Crippen LogP) is 3.87. The molecule has 3 aromatic rings. The van der Waals surface area contributed by atoms with Crippen LogP contribution in [0.4, 0.5) is 13.2 Å². The van der Waals surface area contributed by atoms with Gasteiger partial charge in [-0.15, -0.1) is 0 Å². The number of hydrogen-bond acceptors (Lipinski definition) is 2. The lowest BCUT2D eigenvalue weighted by molar-refractivity contribution is -0.246. The van der Waals surface area contributed by atoms with Gasteiger partial charge in [0.2, 0.25) is 5.60 Å². The van der Waals surface area contributed by atoms with Gasteiger partial charge in [0.05, 0.1) is 6.20 Å². The zero-order valence-electron chi connectivity index (χ0n) is 12.7. The molecule has 1 aromatic heterocycles. The lowest BCUT2D eigenvalue weighted by Crippen LogP contribution is -2.41. The quantitative estimate of drug-likeness (QED) is 0.736. The maximum Gasteiger partial charge on any atom is 0.425 e. The molecule has 1 N–H and O–H groups in total. The van der Waals surface area contributed by atoms with Gasteiger partial charge >= 0.3 is 6.18 Å². The van der Waals surface area contributed by atoms with Crippen LogP contribution in [0.2, 0.25) is 0 Å². The fourth-order valence-corrected chi connectivity index (χ4v) is 3.41. The van der Waals surface area contributed by atoms with Crippen LogP contribution >= 0.6 is 0 Å². The van der Waals surface area contributed by atoms with Crippen LogP contribution in [0.3, 0.4) is 0 Å². The van der Waals surface area contributed by atoms with Crippen LogP contribution in [0.15, 0.2) is 54.9 Å². The summed E-state index contributed by atoms with van der Waals surface area (Å²) < 4.78 is 42.9. The molecule has 2 aromatic carbocycles. The first-order chi connectivity index (χ1) is 11.3. The van der Waals surface area contributed by atoms with E-state index >= 15 is 0 Å². The van der Waals surface area contributed by atoms with Crippen molar-refractivity contribution in [3.63, 3.8) is 0 Å². The summed E-state index contributed by atoms with van der Waals surface area (Å²) in [6, 6.07) is 10.7. The molecule has 0 saturated heterocycles. The summed E-state index contributed by atoms with van der Waals surface area (Å²) in [5.74, 6) is 0. The number of hydrogen-bond donors (Lipinski definition) is 1. The average molecular weight is 330 g/mol. The number of aromatic nitrogens is 2. The Morgan fingerprint density at radius 2 is 1.67 bits per heavy atom. The Balaban J connectivity index is 2.10. The van der Waals surface area contributed by atoms with Crippen molar-refractivity contribution < 1.29 is 18.3 Å². The third-order valence-corrected chi connectivity index (χ3v) is 4.47. The molecule has 0 aliphatic heterocycles. The van der Waals surface area contributed by atoms with E-state index in [0.717, 1.165) is 0 Å². The van der Waals surface area contributed by atoms with Crippen LogP contribution in [0.5, 0.6) is 0 Å². The summed E-state index contributed by atoms with van der Waals surface area (Å²) >= 11 is 0. The Bertz CT molecular complexity index is 945. The van der Waals surface area contributed by atoms with Crippen LogP contribution in [-0.4, -0.2) is 21.1 Å². The first-order valence-corrected chi connectivity index (χ1v) is 7.35. The van der Waals surface area contributed by atoms with Crippen molar-refractivity contribution in [3.05, 3.63) is 66.0 Å². The highest BCUT2D eigenvalue weighted by atomic mass is 19.4. The van der Waals surface area contributed by atoms with E-state index in [1.54, 1.807) is 42.3 Å². The van der Waals surface area contributed by atoms with Gasteiger partial charge in [-0.25, -0.2) is 0 Å². The highest BCUT2D eigenvalue weighted by molar-refractivity contribution is 5.92. The van der Waals surface area contributed by atoms with E-state index in [1.165, 1.54) is 24.3 Å². The number of fused-ring (bicyclic) bond motifs is 3. The number of alkyl halides is 3. The fraction of sp³-hybridized carbons (Fsp3) is 0.167. The van der Waals surface area contributed by atoms with Crippen LogP contribution < -0.4 is 0 Å². The zero-order chi connectivity index (χ0) is 17.1. The lowest BCUT2D eigenvalue weighted by atomic mass is 9.89. The molecule has 0 bridgehead atoms. The molecule has 24 heavy (non-hydrogen) atoms. The minimum Gasteiger partial charge on any atom is -0.372 e. The zero-order valence-corrected chi connectivity index (χ0v) is 12.7. The van der Waals surface area contributed by atoms with Crippen LogP contribution in [-0.2, 0) is 12.6 Å². The number of nitrogens with zero attached hydrogens (tertiary/aromatic N) is 2. The van der Waals surface area contributed by atoms with Crippen molar-refractivity contribution >= 4 is 0 Å². The second-order valence-corrected chi connectivity index (χ2v) is 5.88. The summed E-state index contributed by atoms with van der Waals surface area (Å²) in [6.45, 7) is 0. The minimum absolute atomic E-state index is 0.135. The van der Waals surface area contributed by atoms with Gasteiger partial charge in [0.25, 0.3) is 0 Å². The first kappa shape index (κ1) is 15.0. The normalized spacial score (nSPS) is 19.2. The first-order valence-electron chi connectivity index (χ1n) is 7.35. The molecule has 0 fully saturated rings. The number of rotatable bonds is 1. The molecule has 1 aliphatic carbocycles. The summed E-state index contributed by atoms with van der Waals surface area (Å²) in [5.41, 5.74) is -1.16. The highest BCUT2D eigenvalue weighted by Crippen LogP contribution is 2.56. The van der Waals surface area contributed by atoms with Crippen molar-refractivity contribution in [1.82, 2.24) is 9.78 Å². The number of aliphatic hydroxyl groups is 1. The van der Waals surface area contributed by atoms with E-state index in [4.69, 9.17) is 0 Å². The average Bonchev–Trinajstić information content (AvgIpc) is 3.09. The fourth-order valence-electron chi connectivity index (χ4n) is 3.41. The van der Waals surface area contributed by atoms with E-state index < -0.39 is 11.8 Å². The molecule has 1 atom stereocenters. The highest BCUT2D eigenvalue weighted by Gasteiger charge is 2.61. The molecule has 6 heteroatoms. The molecular weight excluding hydrogens is 317 g/mol. The molecule has 4 rings (SSSR count). The number of halogens is 3. The van der Waals surface area contributed by atoms with E-state index in [2.05, 4.69) is 5.10 Å². The molecule has 0 saturated carbocycles. The van der Waals surface area contributed by atoms with Crippen LogP contribution in [0.1, 0.15) is 11.1 Å². The lowest BCUT2D eigenvalue weighted by Gasteiger charge is -2.28. The van der Waals surface area contributed by atoms with Crippen molar-refractivity contribution in [2.75, 3.05) is 0 Å².